The molecular weight excluding hydrogens is 399 g/mol. The van der Waals surface area contributed by atoms with Crippen LogP contribution in [-0.2, 0) is 14.4 Å². The van der Waals surface area contributed by atoms with Gasteiger partial charge in [0.2, 0.25) is 18.2 Å². The van der Waals surface area contributed by atoms with Gasteiger partial charge in [-0.25, -0.2) is 33.0 Å². The number of halogens is 3. The molecule has 0 saturated carbocycles. The Morgan fingerprint density at radius 2 is 1.20 bits per heavy atom. The molecule has 3 aromatic rings. The van der Waals surface area contributed by atoms with E-state index in [-0.39, 0.29) is 17.2 Å². The quantitative estimate of drug-likeness (QED) is 0.455. The highest BCUT2D eigenvalue weighted by atomic mass is 19.1. The highest BCUT2D eigenvalue weighted by Crippen LogP contribution is 2.14. The molecule has 0 aliphatic carbocycles. The molecule has 152 valence electrons. The summed E-state index contributed by atoms with van der Waals surface area (Å²) in [6, 6.07) is 19.1. The van der Waals surface area contributed by atoms with Gasteiger partial charge >= 0.3 is 0 Å². The van der Waals surface area contributed by atoms with E-state index >= 15 is 0 Å². The van der Waals surface area contributed by atoms with Crippen molar-refractivity contribution in [2.45, 2.75) is 0 Å². The summed E-state index contributed by atoms with van der Waals surface area (Å²) in [5.41, 5.74) is 0.313. The van der Waals surface area contributed by atoms with Crippen LogP contribution in [0.5, 0.6) is 0 Å². The number of nitrogens with zero attached hydrogens (tertiary/aromatic N) is 2. The molecule has 3 aromatic carbocycles. The molecule has 0 aliphatic rings. The predicted octanol–water partition coefficient (Wildman–Crippen LogP) is 5.31. The first kappa shape index (κ1) is 25.6. The highest BCUT2D eigenvalue weighted by Gasteiger charge is 1.95. The van der Waals surface area contributed by atoms with E-state index in [4.69, 9.17) is 10.2 Å². The molecular formula is C21H14F3N3O3. The first-order chi connectivity index (χ1) is 14.5. The molecule has 0 spiro atoms. The van der Waals surface area contributed by atoms with Crippen molar-refractivity contribution in [3.63, 3.8) is 0 Å². The fraction of sp³-hybridized carbons (Fsp3) is 0. The second kappa shape index (κ2) is 16.7. The lowest BCUT2D eigenvalue weighted by Crippen LogP contribution is -1.71. The van der Waals surface area contributed by atoms with E-state index in [0.29, 0.717) is 0 Å². The van der Waals surface area contributed by atoms with Gasteiger partial charge in [-0.05, 0) is 36.4 Å². The van der Waals surface area contributed by atoms with Crippen molar-refractivity contribution in [1.29, 1.82) is 5.41 Å². The monoisotopic (exact) mass is 413 g/mol. The van der Waals surface area contributed by atoms with Crippen LogP contribution in [0.3, 0.4) is 0 Å². The number of carbonyl (C=O) groups excluding carboxylic acids is 3. The van der Waals surface area contributed by atoms with Gasteiger partial charge in [0.1, 0.15) is 23.1 Å². The highest BCUT2D eigenvalue weighted by molar-refractivity contribution is 5.49. The summed E-state index contributed by atoms with van der Waals surface area (Å²) in [7, 11) is 0. The minimum absolute atomic E-state index is 0.0255. The van der Waals surface area contributed by atoms with Crippen molar-refractivity contribution in [2.24, 2.45) is 9.98 Å². The molecule has 0 heterocycles. The summed E-state index contributed by atoms with van der Waals surface area (Å²) >= 11 is 0. The van der Waals surface area contributed by atoms with Crippen LogP contribution in [0.25, 0.3) is 0 Å². The topological polar surface area (TPSA) is 99.8 Å². The molecule has 0 amide bonds. The third-order valence-electron chi connectivity index (χ3n) is 2.73. The maximum absolute atomic E-state index is 12.5. The summed E-state index contributed by atoms with van der Waals surface area (Å²) in [5, 5.41) is 5.40. The summed E-state index contributed by atoms with van der Waals surface area (Å²) in [6.45, 7) is 0. The summed E-state index contributed by atoms with van der Waals surface area (Å²) in [6.07, 6.45) is 3.33. The smallest absolute Gasteiger partial charge is 0.222 e. The molecule has 9 heteroatoms. The van der Waals surface area contributed by atoms with Crippen LogP contribution < -0.4 is 0 Å². The third kappa shape index (κ3) is 12.9. The van der Waals surface area contributed by atoms with E-state index in [1.807, 2.05) is 0 Å². The molecule has 0 aliphatic heterocycles. The molecule has 0 fully saturated rings. The Balaban J connectivity index is 0.000000400. The number of hydrogen-bond donors (Lipinski definition) is 1. The van der Waals surface area contributed by atoms with Gasteiger partial charge < -0.3 is 0 Å². The van der Waals surface area contributed by atoms with Crippen LogP contribution >= 0.6 is 0 Å². The van der Waals surface area contributed by atoms with Gasteiger partial charge in [0.05, 0.1) is 5.69 Å². The number of para-hydroxylation sites is 1. The van der Waals surface area contributed by atoms with Crippen LogP contribution in [0.4, 0.5) is 24.5 Å². The zero-order chi connectivity index (χ0) is 22.6. The molecule has 0 atom stereocenters. The van der Waals surface area contributed by atoms with Gasteiger partial charge in [-0.2, -0.15) is 9.98 Å². The number of rotatable bonds is 2. The van der Waals surface area contributed by atoms with Crippen LogP contribution in [0, 0.1) is 22.9 Å². The Bertz CT molecular complexity index is 1030. The summed E-state index contributed by atoms with van der Waals surface area (Å²) in [5.74, 6) is -1.09. The van der Waals surface area contributed by atoms with Crippen molar-refractivity contribution in [3.8, 4) is 0 Å². The molecule has 6 nitrogen and oxygen atoms in total. The van der Waals surface area contributed by atoms with E-state index in [0.717, 1.165) is 12.1 Å². The average Bonchev–Trinajstić information content (AvgIpc) is 2.72. The Morgan fingerprint density at radius 1 is 0.667 bits per heavy atom. The van der Waals surface area contributed by atoms with Crippen LogP contribution in [-0.4, -0.2) is 18.2 Å². The van der Waals surface area contributed by atoms with Gasteiger partial charge in [0.25, 0.3) is 0 Å². The largest absolute Gasteiger partial charge is 0.240 e. The lowest BCUT2D eigenvalue weighted by Gasteiger charge is -1.89. The van der Waals surface area contributed by atoms with E-state index in [9.17, 15) is 22.8 Å². The van der Waals surface area contributed by atoms with Crippen molar-refractivity contribution in [3.05, 3.63) is 96.3 Å². The summed E-state index contributed by atoms with van der Waals surface area (Å²) < 4.78 is 36.7. The SMILES string of the molecule is Fc1ccccc1.N=C=O.O=C=Nc1cccc(F)c1.O=C=Nc1ccccc1F. The van der Waals surface area contributed by atoms with Crippen molar-refractivity contribution in [1.82, 2.24) is 0 Å². The van der Waals surface area contributed by atoms with Crippen LogP contribution in [0.2, 0.25) is 0 Å². The lowest BCUT2D eigenvalue weighted by molar-refractivity contribution is 0.562. The van der Waals surface area contributed by atoms with Gasteiger partial charge in [0, 0.05) is 6.07 Å². The number of isocyanates is 3. The molecule has 30 heavy (non-hydrogen) atoms. The third-order valence-corrected chi connectivity index (χ3v) is 2.73. The molecule has 0 aromatic heterocycles. The lowest BCUT2D eigenvalue weighted by atomic mass is 10.3. The molecule has 1 N–H and O–H groups in total. The Labute approximate surface area is 169 Å². The molecule has 3 rings (SSSR count). The Morgan fingerprint density at radius 3 is 1.67 bits per heavy atom. The van der Waals surface area contributed by atoms with Crippen molar-refractivity contribution >= 4 is 29.6 Å². The molecule has 0 bridgehead atoms. The van der Waals surface area contributed by atoms with E-state index < -0.39 is 11.6 Å². The normalized spacial score (nSPS) is 7.97. The van der Waals surface area contributed by atoms with Gasteiger partial charge in [0.15, 0.2) is 0 Å². The summed E-state index contributed by atoms with van der Waals surface area (Å²) in [4.78, 5) is 34.0. The van der Waals surface area contributed by atoms with Crippen molar-refractivity contribution in [2.75, 3.05) is 0 Å². The maximum Gasteiger partial charge on any atom is 0.240 e. The minimum atomic E-state index is -0.508. The fourth-order valence-corrected chi connectivity index (χ4v) is 1.60. The molecule has 0 radical (unpaired) electrons. The van der Waals surface area contributed by atoms with Crippen LogP contribution in [0.1, 0.15) is 0 Å². The van der Waals surface area contributed by atoms with Gasteiger partial charge in [-0.1, -0.05) is 36.4 Å². The second-order valence-corrected chi connectivity index (χ2v) is 4.74. The molecule has 0 saturated heterocycles. The van der Waals surface area contributed by atoms with Crippen molar-refractivity contribution < 1.29 is 27.6 Å². The average molecular weight is 413 g/mol. The Hall–Kier alpha value is -4.41. The number of benzene rings is 3. The van der Waals surface area contributed by atoms with E-state index in [2.05, 4.69) is 9.98 Å². The second-order valence-electron chi connectivity index (χ2n) is 4.74. The number of aliphatic imine (C=N–C) groups is 2. The standard InChI is InChI=1S/2C7H4FNO.C6H5F.CHNO/c8-6-2-1-3-7(4-6)9-5-10;8-6-3-1-2-4-7(6)9-5-10;7-6-4-2-1-3-5-6;2-1-3/h2*1-4H;1-5H;2H. The van der Waals surface area contributed by atoms with E-state index in [1.54, 1.807) is 24.3 Å². The van der Waals surface area contributed by atoms with Gasteiger partial charge in [-0.15, -0.1) is 0 Å². The first-order valence-corrected chi connectivity index (χ1v) is 7.88. The number of nitrogens with one attached hydrogen (secondary N) is 1. The molecule has 0 unspecified atom stereocenters. The predicted molar refractivity (Wildman–Crippen MR) is 103 cm³/mol. The van der Waals surface area contributed by atoms with Crippen LogP contribution in [0.15, 0.2) is 88.8 Å². The zero-order valence-corrected chi connectivity index (χ0v) is 15.3. The van der Waals surface area contributed by atoms with E-state index in [1.165, 1.54) is 60.7 Å². The number of hydrogen-bond acceptors (Lipinski definition) is 6. The minimum Gasteiger partial charge on any atom is -0.222 e. The first-order valence-electron chi connectivity index (χ1n) is 7.88. The van der Waals surface area contributed by atoms with Gasteiger partial charge in [-0.3, -0.25) is 0 Å². The Kier molecular flexibility index (Phi) is 14.3. The maximum atomic E-state index is 12.5. The fourth-order valence-electron chi connectivity index (χ4n) is 1.60. The zero-order valence-electron chi connectivity index (χ0n) is 15.3.